The standard InChI is InChI=1S/C52H57N3O7/c1-31-11-18-42-45-30-62-48-24-33(13-20-47(48)60-3)12-16-39(58)27-40(61-22-21-35-15-19-41(44(45)29-56)51-49(35)46(59)28-43(31)50(42)51)26-36-25-38(57)17-14-34(36)9-5-4-7-32-8-6-10-37(23-32)55-52(53)54-2/h6,8,10-11,13-14,17-18,20,23-25,28,31,34-36,40,56-57,59H,4-5,7,9,12,15-16,19,26-27,29-30H2,1-3H3,(H3,53,54,55)/t31-,34-,35+,36-,40+/m1/s1. The van der Waals surface area contributed by atoms with Gasteiger partial charge in [-0.15, -0.1) is 0 Å². The van der Waals surface area contributed by atoms with Crippen LogP contribution in [0.15, 0.2) is 83.6 Å². The fraction of sp³-hybridized carbons (Fsp3) is 0.385. The molecule has 0 unspecified atom stereocenters. The van der Waals surface area contributed by atoms with E-state index >= 15 is 0 Å². The van der Waals surface area contributed by atoms with Crippen LogP contribution in [-0.4, -0.2) is 47.3 Å². The van der Waals surface area contributed by atoms with Crippen molar-refractivity contribution in [3.8, 4) is 29.3 Å². The molecule has 0 spiro atoms. The molecule has 5 aliphatic rings. The molecule has 8 bridgehead atoms. The van der Waals surface area contributed by atoms with E-state index < -0.39 is 6.10 Å². The molecule has 4 aromatic rings. The number of aliphatic hydroxyl groups excluding tert-OH is 2. The summed E-state index contributed by atoms with van der Waals surface area (Å²) in [7, 11) is 3.26. The summed E-state index contributed by atoms with van der Waals surface area (Å²) >= 11 is 0. The zero-order valence-corrected chi connectivity index (χ0v) is 35.9. The first-order valence-electron chi connectivity index (χ1n) is 21.9. The summed E-state index contributed by atoms with van der Waals surface area (Å²) in [4.78, 5) is 17.8. The number of carbonyl (C=O) groups excluding carboxylic acids is 1. The molecule has 3 aliphatic carbocycles. The molecule has 0 aromatic heterocycles. The van der Waals surface area contributed by atoms with Crippen molar-refractivity contribution >= 4 is 34.3 Å². The lowest BCUT2D eigenvalue weighted by Gasteiger charge is -2.32. The molecule has 6 N–H and O–H groups in total. The highest BCUT2D eigenvalue weighted by atomic mass is 16.5. The largest absolute Gasteiger partial charge is 0.508 e. The minimum Gasteiger partial charge on any atom is -0.508 e. The number of aromatic hydroxyl groups is 1. The van der Waals surface area contributed by atoms with Crippen LogP contribution >= 0.6 is 0 Å². The third-order valence-corrected chi connectivity index (χ3v) is 13.1. The van der Waals surface area contributed by atoms with Gasteiger partial charge in [0.1, 0.15) is 36.1 Å². The van der Waals surface area contributed by atoms with Crippen LogP contribution in [0, 0.1) is 23.9 Å². The Labute approximate surface area is 364 Å². The number of rotatable bonds is 10. The normalized spacial score (nSPS) is 21.9. The van der Waals surface area contributed by atoms with Crippen molar-refractivity contribution < 1.29 is 34.3 Å². The number of ketones is 1. The summed E-state index contributed by atoms with van der Waals surface area (Å²) in [6.07, 6.45) is 19.1. The summed E-state index contributed by atoms with van der Waals surface area (Å²) in [6.45, 7) is 2.15. The van der Waals surface area contributed by atoms with E-state index in [4.69, 9.17) is 19.9 Å². The number of fused-ring (bicyclic) bond motifs is 7. The maximum atomic E-state index is 13.8. The van der Waals surface area contributed by atoms with Crippen LogP contribution in [0.4, 0.5) is 5.69 Å². The van der Waals surface area contributed by atoms with Crippen LogP contribution in [0.1, 0.15) is 108 Å². The summed E-state index contributed by atoms with van der Waals surface area (Å²) in [5.74, 6) is 5.17. The number of aliphatic imine (C=N–C) groups is 1. The first-order chi connectivity index (χ1) is 30.1. The van der Waals surface area contributed by atoms with E-state index in [0.29, 0.717) is 49.6 Å². The van der Waals surface area contributed by atoms with Crippen molar-refractivity contribution in [3.05, 3.63) is 123 Å². The molecule has 0 saturated carbocycles. The molecule has 322 valence electrons. The lowest BCUT2D eigenvalue weighted by molar-refractivity contribution is -0.121. The number of aryl methyl sites for hydroxylation is 3. The molecule has 5 atom stereocenters. The molecule has 4 aromatic carbocycles. The number of aliphatic hydroxyl groups is 2. The van der Waals surface area contributed by atoms with Gasteiger partial charge in [-0.2, -0.15) is 0 Å². The van der Waals surface area contributed by atoms with Crippen molar-refractivity contribution in [1.82, 2.24) is 0 Å². The van der Waals surface area contributed by atoms with Gasteiger partial charge >= 0.3 is 0 Å². The van der Waals surface area contributed by atoms with Crippen LogP contribution in [0.5, 0.6) is 17.2 Å². The van der Waals surface area contributed by atoms with Crippen molar-refractivity contribution in [3.63, 3.8) is 0 Å². The van der Waals surface area contributed by atoms with E-state index in [-0.39, 0.29) is 60.6 Å². The second-order valence-corrected chi connectivity index (χ2v) is 17.1. The highest BCUT2D eigenvalue weighted by Crippen LogP contribution is 2.50. The maximum absolute atomic E-state index is 13.8. The number of phenols is 1. The molecule has 9 rings (SSSR count). The first-order valence-corrected chi connectivity index (χ1v) is 21.9. The molecule has 62 heavy (non-hydrogen) atoms. The molecular formula is C52H57N3O7. The smallest absolute Gasteiger partial charge is 0.192 e. The van der Waals surface area contributed by atoms with E-state index in [1.165, 1.54) is 5.56 Å². The highest BCUT2D eigenvalue weighted by Gasteiger charge is 2.33. The number of phenolic OH excluding ortho intramolecular Hbond substituents is 1. The number of unbranched alkanes of at least 4 members (excludes halogenated alkanes) is 1. The van der Waals surface area contributed by atoms with Gasteiger partial charge in [-0.3, -0.25) is 9.79 Å². The number of allylic oxidation sites excluding steroid dienone is 4. The lowest BCUT2D eigenvalue weighted by atomic mass is 9.73. The number of Topliss-reactive ketones (excluding diaryl/α,β-unsaturated/α-hetero) is 1. The first kappa shape index (κ1) is 42.5. The topological polar surface area (TPSA) is 156 Å². The van der Waals surface area contributed by atoms with Crippen molar-refractivity contribution in [2.24, 2.45) is 22.6 Å². The Kier molecular flexibility index (Phi) is 12.9. The van der Waals surface area contributed by atoms with E-state index in [0.717, 1.165) is 81.1 Å². The minimum absolute atomic E-state index is 0.0547. The molecule has 0 amide bonds. The Morgan fingerprint density at radius 2 is 1.89 bits per heavy atom. The van der Waals surface area contributed by atoms with Crippen LogP contribution in [-0.2, 0) is 42.0 Å². The Morgan fingerprint density at radius 3 is 2.71 bits per heavy atom. The lowest BCUT2D eigenvalue weighted by Crippen LogP contribution is -2.24. The minimum atomic E-state index is -0.525. The van der Waals surface area contributed by atoms with Crippen LogP contribution in [0.25, 0.3) is 16.8 Å². The fourth-order valence-corrected chi connectivity index (χ4v) is 9.88. The van der Waals surface area contributed by atoms with Crippen molar-refractivity contribution in [1.29, 1.82) is 0 Å². The Hall–Kier alpha value is -6.18. The molecule has 0 saturated heterocycles. The van der Waals surface area contributed by atoms with E-state index in [9.17, 15) is 20.1 Å². The third-order valence-electron chi connectivity index (χ3n) is 13.1. The number of hydrogen-bond acceptors (Lipinski definition) is 8. The number of nitrogens with zero attached hydrogens (tertiary/aromatic N) is 1. The summed E-state index contributed by atoms with van der Waals surface area (Å²) < 4.78 is 18.7. The number of nitrogens with one attached hydrogen (secondary N) is 1. The SMILES string of the molecule is CN=C(N)Nc1cccc(CCCC[C@@H]2C=CC(O)=C[C@@H]2C[C@H]2CC(=O)CCc3ccc(OC)c(c3)OCc3c(CO)c4c5c(c(O)cc6c5c3C=C[C@H]6C)[C@H](C#CO2)CC4)c1. The Balaban J connectivity index is 1.09. The summed E-state index contributed by atoms with van der Waals surface area (Å²) in [6, 6.07) is 15.9. The summed E-state index contributed by atoms with van der Waals surface area (Å²) in [5.41, 5.74) is 14.4. The van der Waals surface area contributed by atoms with Gasteiger partial charge in [0.25, 0.3) is 0 Å². The summed E-state index contributed by atoms with van der Waals surface area (Å²) in [5, 5.41) is 38.6. The van der Waals surface area contributed by atoms with E-state index in [1.807, 2.05) is 42.5 Å². The van der Waals surface area contributed by atoms with Gasteiger partial charge in [-0.25, -0.2) is 0 Å². The number of ether oxygens (including phenoxy) is 3. The second kappa shape index (κ2) is 18.8. The second-order valence-electron chi connectivity index (χ2n) is 17.1. The van der Waals surface area contributed by atoms with Gasteiger partial charge < -0.3 is 40.6 Å². The molecule has 2 heterocycles. The number of methoxy groups -OCH3 is 1. The predicted octanol–water partition coefficient (Wildman–Crippen LogP) is 9.44. The maximum Gasteiger partial charge on any atom is 0.192 e. The fourth-order valence-electron chi connectivity index (χ4n) is 9.88. The van der Waals surface area contributed by atoms with Crippen LogP contribution < -0.4 is 20.5 Å². The van der Waals surface area contributed by atoms with Crippen molar-refractivity contribution in [2.45, 2.75) is 102 Å². The predicted molar refractivity (Wildman–Crippen MR) is 245 cm³/mol. The molecule has 10 nitrogen and oxygen atoms in total. The Morgan fingerprint density at radius 1 is 1.02 bits per heavy atom. The van der Waals surface area contributed by atoms with Gasteiger partial charge in [0.15, 0.2) is 17.5 Å². The highest BCUT2D eigenvalue weighted by molar-refractivity contribution is 6.03. The van der Waals surface area contributed by atoms with Gasteiger partial charge in [-0.1, -0.05) is 55.7 Å². The van der Waals surface area contributed by atoms with Crippen molar-refractivity contribution in [2.75, 3.05) is 19.5 Å². The van der Waals surface area contributed by atoms with E-state index in [1.54, 1.807) is 20.2 Å². The zero-order valence-electron chi connectivity index (χ0n) is 35.9. The van der Waals surface area contributed by atoms with E-state index in [2.05, 4.69) is 59.6 Å². The number of anilines is 1. The molecular weight excluding hydrogens is 779 g/mol. The number of nitrogens with two attached hydrogens (primary N) is 1. The number of benzene rings is 4. The number of carbonyl (C=O) groups is 1. The van der Waals surface area contributed by atoms with Gasteiger partial charge in [0, 0.05) is 42.6 Å². The van der Waals surface area contributed by atoms with Crippen LogP contribution in [0.2, 0.25) is 0 Å². The van der Waals surface area contributed by atoms with Gasteiger partial charge in [-0.05, 0) is 143 Å². The molecule has 0 fully saturated rings. The van der Waals surface area contributed by atoms with Gasteiger partial charge in [0.05, 0.1) is 19.6 Å². The number of hydrogen-bond donors (Lipinski definition) is 5. The average molecular weight is 836 g/mol. The average Bonchev–Trinajstić information content (AvgIpc) is 3.27. The third kappa shape index (κ3) is 9.05. The van der Waals surface area contributed by atoms with Crippen LogP contribution in [0.3, 0.4) is 0 Å². The molecule has 2 aliphatic heterocycles. The monoisotopic (exact) mass is 835 g/mol. The molecule has 0 radical (unpaired) electrons. The quantitative estimate of drug-likeness (QED) is 0.0455. The zero-order chi connectivity index (χ0) is 43.3. The molecule has 10 heteroatoms. The Bertz CT molecular complexity index is 2540. The van der Waals surface area contributed by atoms with Gasteiger partial charge in [0.2, 0.25) is 0 Å². The number of guanidine groups is 1.